The molecule has 0 bridgehead atoms. The summed E-state index contributed by atoms with van der Waals surface area (Å²) in [6.45, 7) is 6.45. The first kappa shape index (κ1) is 21.5. The summed E-state index contributed by atoms with van der Waals surface area (Å²) < 4.78 is 16.7. The molecule has 2 fully saturated rings. The number of carbonyl (C=O) groups is 3. The Morgan fingerprint density at radius 2 is 2.06 bits per heavy atom. The summed E-state index contributed by atoms with van der Waals surface area (Å²) >= 11 is 0. The van der Waals surface area contributed by atoms with E-state index in [-0.39, 0.29) is 37.5 Å². The summed E-state index contributed by atoms with van der Waals surface area (Å²) in [6, 6.07) is 5.02. The fraction of sp³-hybridized carbons (Fsp3) is 0.609. The Hall–Kier alpha value is -2.77. The summed E-state index contributed by atoms with van der Waals surface area (Å²) in [7, 11) is 1.58. The van der Waals surface area contributed by atoms with Crippen LogP contribution >= 0.6 is 0 Å². The van der Waals surface area contributed by atoms with Crippen molar-refractivity contribution in [2.24, 2.45) is 11.8 Å². The van der Waals surface area contributed by atoms with E-state index in [2.05, 4.69) is 0 Å². The Labute approximate surface area is 182 Å². The van der Waals surface area contributed by atoms with E-state index in [1.54, 1.807) is 36.8 Å². The van der Waals surface area contributed by atoms with Crippen LogP contribution in [0.1, 0.15) is 45.2 Å². The molecule has 0 saturated carbocycles. The third-order valence-corrected chi connectivity index (χ3v) is 6.83. The van der Waals surface area contributed by atoms with Gasteiger partial charge in [-0.05, 0) is 32.4 Å². The SMILES string of the molecule is CCCCN1CC(=O)N2[C@H]3c4ccc(OC)cc4OC[C@@H]3[C@H](C(=O)OCC)[C@]2(C)C1=O. The Morgan fingerprint density at radius 3 is 2.74 bits per heavy atom. The number of benzene rings is 1. The third kappa shape index (κ3) is 3.15. The Bertz CT molecular complexity index is 902. The van der Waals surface area contributed by atoms with E-state index in [0.29, 0.717) is 18.0 Å². The van der Waals surface area contributed by atoms with Crippen LogP contribution in [0.5, 0.6) is 11.5 Å². The number of carbonyl (C=O) groups excluding carboxylic acids is 3. The summed E-state index contributed by atoms with van der Waals surface area (Å²) in [5.41, 5.74) is -0.520. The lowest BCUT2D eigenvalue weighted by Gasteiger charge is -2.47. The smallest absolute Gasteiger partial charge is 0.312 e. The minimum absolute atomic E-state index is 0.0273. The van der Waals surface area contributed by atoms with Crippen LogP contribution in [0.25, 0.3) is 0 Å². The van der Waals surface area contributed by atoms with Crippen molar-refractivity contribution in [2.75, 3.05) is 33.4 Å². The average Bonchev–Trinajstić information content (AvgIpc) is 3.05. The highest BCUT2D eigenvalue weighted by Crippen LogP contribution is 2.56. The molecule has 0 radical (unpaired) electrons. The summed E-state index contributed by atoms with van der Waals surface area (Å²) in [5.74, 6) is -0.710. The molecule has 3 aliphatic heterocycles. The quantitative estimate of drug-likeness (QED) is 0.643. The second kappa shape index (κ2) is 8.05. The first-order chi connectivity index (χ1) is 14.9. The first-order valence-electron chi connectivity index (χ1n) is 11.0. The lowest BCUT2D eigenvalue weighted by molar-refractivity contribution is -0.170. The number of unbranched alkanes of at least 4 members (excludes halogenated alkanes) is 1. The van der Waals surface area contributed by atoms with Gasteiger partial charge in [0.2, 0.25) is 11.8 Å². The highest BCUT2D eigenvalue weighted by molar-refractivity contribution is 6.02. The maximum atomic E-state index is 13.7. The average molecular weight is 431 g/mol. The zero-order valence-electron chi connectivity index (χ0n) is 18.6. The van der Waals surface area contributed by atoms with Gasteiger partial charge in [0.1, 0.15) is 17.0 Å². The van der Waals surface area contributed by atoms with Crippen molar-refractivity contribution in [1.82, 2.24) is 9.80 Å². The molecule has 31 heavy (non-hydrogen) atoms. The van der Waals surface area contributed by atoms with E-state index < -0.39 is 23.5 Å². The number of methoxy groups -OCH3 is 1. The van der Waals surface area contributed by atoms with Gasteiger partial charge in [-0.3, -0.25) is 14.4 Å². The monoisotopic (exact) mass is 430 g/mol. The third-order valence-electron chi connectivity index (χ3n) is 6.83. The topological polar surface area (TPSA) is 85.4 Å². The number of piperazine rings is 1. The van der Waals surface area contributed by atoms with E-state index in [1.807, 2.05) is 19.1 Å². The van der Waals surface area contributed by atoms with Gasteiger partial charge >= 0.3 is 5.97 Å². The number of hydrogen-bond acceptors (Lipinski definition) is 6. The maximum absolute atomic E-state index is 13.7. The van der Waals surface area contributed by atoms with Crippen molar-refractivity contribution in [3.8, 4) is 11.5 Å². The van der Waals surface area contributed by atoms with E-state index >= 15 is 0 Å². The summed E-state index contributed by atoms with van der Waals surface area (Å²) in [4.78, 5) is 43.5. The highest BCUT2D eigenvalue weighted by Gasteiger charge is 2.68. The van der Waals surface area contributed by atoms with Crippen molar-refractivity contribution in [1.29, 1.82) is 0 Å². The molecule has 3 aliphatic rings. The van der Waals surface area contributed by atoms with Gasteiger partial charge in [-0.2, -0.15) is 0 Å². The van der Waals surface area contributed by atoms with Crippen LogP contribution < -0.4 is 9.47 Å². The number of ether oxygens (including phenoxy) is 3. The number of amides is 2. The summed E-state index contributed by atoms with van der Waals surface area (Å²) in [5, 5.41) is 0. The van der Waals surface area contributed by atoms with E-state index in [9.17, 15) is 14.4 Å². The fourth-order valence-corrected chi connectivity index (χ4v) is 5.43. The molecule has 0 aromatic heterocycles. The van der Waals surface area contributed by atoms with Gasteiger partial charge in [-0.15, -0.1) is 0 Å². The van der Waals surface area contributed by atoms with Crippen LogP contribution in [0, 0.1) is 11.8 Å². The fourth-order valence-electron chi connectivity index (χ4n) is 5.43. The van der Waals surface area contributed by atoms with Crippen LogP contribution in [-0.4, -0.2) is 66.5 Å². The van der Waals surface area contributed by atoms with Crippen molar-refractivity contribution in [3.05, 3.63) is 23.8 Å². The number of fused-ring (bicyclic) bond motifs is 5. The van der Waals surface area contributed by atoms with Crippen LogP contribution in [0.3, 0.4) is 0 Å². The lowest BCUT2D eigenvalue weighted by Crippen LogP contribution is -2.67. The van der Waals surface area contributed by atoms with Crippen LogP contribution in [0.15, 0.2) is 18.2 Å². The zero-order chi connectivity index (χ0) is 22.3. The molecule has 2 amide bonds. The molecule has 4 atom stereocenters. The Morgan fingerprint density at radius 1 is 1.29 bits per heavy atom. The molecule has 8 heteroatoms. The van der Waals surface area contributed by atoms with Gasteiger partial charge in [0.25, 0.3) is 0 Å². The zero-order valence-corrected chi connectivity index (χ0v) is 18.6. The largest absolute Gasteiger partial charge is 0.497 e. The normalized spacial score (nSPS) is 29.1. The van der Waals surface area contributed by atoms with Gasteiger partial charge < -0.3 is 24.0 Å². The second-order valence-electron chi connectivity index (χ2n) is 8.54. The number of rotatable bonds is 6. The lowest BCUT2D eigenvalue weighted by atomic mass is 9.77. The predicted octanol–water partition coefficient (Wildman–Crippen LogP) is 2.17. The number of hydrogen-bond donors (Lipinski definition) is 0. The van der Waals surface area contributed by atoms with Gasteiger partial charge in [-0.25, -0.2) is 0 Å². The van der Waals surface area contributed by atoms with Crippen molar-refractivity contribution >= 4 is 17.8 Å². The molecule has 0 N–H and O–H groups in total. The van der Waals surface area contributed by atoms with E-state index in [4.69, 9.17) is 14.2 Å². The molecule has 4 rings (SSSR count). The molecule has 3 heterocycles. The predicted molar refractivity (Wildman–Crippen MR) is 112 cm³/mol. The molecule has 2 saturated heterocycles. The van der Waals surface area contributed by atoms with Gasteiger partial charge in [0.05, 0.1) is 38.8 Å². The van der Waals surface area contributed by atoms with Crippen molar-refractivity contribution in [3.63, 3.8) is 0 Å². The van der Waals surface area contributed by atoms with Gasteiger partial charge in [-0.1, -0.05) is 13.3 Å². The number of esters is 1. The van der Waals surface area contributed by atoms with E-state index in [1.165, 1.54) is 0 Å². The first-order valence-corrected chi connectivity index (χ1v) is 11.0. The van der Waals surface area contributed by atoms with Crippen LogP contribution in [0.2, 0.25) is 0 Å². The molecule has 0 aliphatic carbocycles. The highest BCUT2D eigenvalue weighted by atomic mass is 16.5. The Balaban J connectivity index is 1.83. The summed E-state index contributed by atoms with van der Waals surface area (Å²) in [6.07, 6.45) is 1.71. The number of nitrogens with zero attached hydrogens (tertiary/aromatic N) is 2. The van der Waals surface area contributed by atoms with Crippen molar-refractivity contribution in [2.45, 2.75) is 45.2 Å². The molecule has 0 unspecified atom stereocenters. The molecule has 0 spiro atoms. The van der Waals surface area contributed by atoms with Gasteiger partial charge in [0.15, 0.2) is 0 Å². The second-order valence-corrected chi connectivity index (χ2v) is 8.54. The minimum Gasteiger partial charge on any atom is -0.497 e. The van der Waals surface area contributed by atoms with Crippen molar-refractivity contribution < 1.29 is 28.6 Å². The Kier molecular flexibility index (Phi) is 5.58. The molecule has 1 aromatic carbocycles. The van der Waals surface area contributed by atoms with Gasteiger partial charge in [0, 0.05) is 24.1 Å². The van der Waals surface area contributed by atoms with E-state index in [0.717, 1.165) is 18.4 Å². The molecular formula is C23H30N2O6. The van der Waals surface area contributed by atoms with Crippen LogP contribution in [0.4, 0.5) is 0 Å². The molecule has 1 aromatic rings. The maximum Gasteiger partial charge on any atom is 0.312 e. The van der Waals surface area contributed by atoms with Crippen LogP contribution in [-0.2, 0) is 19.1 Å². The molecule has 8 nitrogen and oxygen atoms in total. The minimum atomic E-state index is -1.31. The molecule has 168 valence electrons. The standard InChI is InChI=1S/C23H30N2O6/c1-5-7-10-24-12-18(26)25-20-15-9-8-14(29-4)11-17(15)31-13-16(20)19(21(27)30-6-2)23(25,3)22(24)28/h8-9,11,16,19-20H,5-7,10,12-13H2,1-4H3/t16-,19-,20+,23-/m1/s1. The molecular weight excluding hydrogens is 400 g/mol.